The molecule has 15 heavy (non-hydrogen) atoms. The van der Waals surface area contributed by atoms with E-state index in [2.05, 4.69) is 20.9 Å². The Bertz CT molecular complexity index is 384. The molecule has 0 fully saturated rings. The minimum absolute atomic E-state index is 0.129. The molecule has 1 aromatic heterocycles. The number of halogens is 4. The first kappa shape index (κ1) is 12.0. The standard InChI is InChI=1S/C9H6BrF3N2/c10-4-6(5-14)8-7(9(11,12)13)2-1-3-15-8/h1-3,6H,4H2. The smallest absolute Gasteiger partial charge is 0.259 e. The van der Waals surface area contributed by atoms with Crippen molar-refractivity contribution in [3.05, 3.63) is 29.6 Å². The Kier molecular flexibility index (Phi) is 3.69. The minimum atomic E-state index is -4.47. The quantitative estimate of drug-likeness (QED) is 0.780. The number of rotatable bonds is 2. The highest BCUT2D eigenvalue weighted by Crippen LogP contribution is 2.34. The summed E-state index contributed by atoms with van der Waals surface area (Å²) in [4.78, 5) is 3.61. The van der Waals surface area contributed by atoms with Crippen molar-refractivity contribution in [3.63, 3.8) is 0 Å². The predicted molar refractivity (Wildman–Crippen MR) is 51.4 cm³/mol. The van der Waals surface area contributed by atoms with Crippen LogP contribution in [-0.2, 0) is 6.18 Å². The molecule has 2 nitrogen and oxygen atoms in total. The molecule has 0 amide bonds. The van der Waals surface area contributed by atoms with E-state index in [1.54, 1.807) is 6.07 Å². The number of nitrogens with zero attached hydrogens (tertiary/aromatic N) is 2. The van der Waals surface area contributed by atoms with Gasteiger partial charge in [0.15, 0.2) is 0 Å². The summed E-state index contributed by atoms with van der Waals surface area (Å²) in [5.74, 6) is -0.886. The van der Waals surface area contributed by atoms with Crippen molar-refractivity contribution in [1.82, 2.24) is 4.98 Å². The van der Waals surface area contributed by atoms with Gasteiger partial charge in [0.2, 0.25) is 0 Å². The van der Waals surface area contributed by atoms with Gasteiger partial charge in [0.05, 0.1) is 23.2 Å². The van der Waals surface area contributed by atoms with Crippen molar-refractivity contribution in [2.24, 2.45) is 0 Å². The van der Waals surface area contributed by atoms with Crippen molar-refractivity contribution in [2.45, 2.75) is 12.1 Å². The van der Waals surface area contributed by atoms with Crippen molar-refractivity contribution in [3.8, 4) is 6.07 Å². The van der Waals surface area contributed by atoms with E-state index in [0.29, 0.717) is 0 Å². The fourth-order valence-electron chi connectivity index (χ4n) is 1.10. The van der Waals surface area contributed by atoms with Crippen molar-refractivity contribution in [1.29, 1.82) is 5.26 Å². The number of hydrogen-bond donors (Lipinski definition) is 0. The van der Waals surface area contributed by atoms with Gasteiger partial charge in [-0.05, 0) is 12.1 Å². The third-order valence-electron chi connectivity index (χ3n) is 1.78. The second-order valence-electron chi connectivity index (χ2n) is 2.77. The van der Waals surface area contributed by atoms with Gasteiger partial charge in [-0.2, -0.15) is 18.4 Å². The molecule has 0 N–H and O–H groups in total. The van der Waals surface area contributed by atoms with Crippen LogP contribution in [0.1, 0.15) is 17.2 Å². The molecular formula is C9H6BrF3N2. The summed E-state index contributed by atoms with van der Waals surface area (Å²) in [5, 5.41) is 8.81. The molecule has 0 aliphatic heterocycles. The van der Waals surface area contributed by atoms with Gasteiger partial charge in [0.1, 0.15) is 0 Å². The molecule has 0 radical (unpaired) electrons. The highest BCUT2D eigenvalue weighted by molar-refractivity contribution is 9.09. The van der Waals surface area contributed by atoms with E-state index in [1.165, 1.54) is 12.3 Å². The third kappa shape index (κ3) is 2.69. The second-order valence-corrected chi connectivity index (χ2v) is 3.42. The van der Waals surface area contributed by atoms with Crippen molar-refractivity contribution >= 4 is 15.9 Å². The van der Waals surface area contributed by atoms with Gasteiger partial charge in [0.25, 0.3) is 0 Å². The lowest BCUT2D eigenvalue weighted by Gasteiger charge is -2.13. The molecule has 6 heteroatoms. The molecule has 80 valence electrons. The van der Waals surface area contributed by atoms with Crippen molar-refractivity contribution in [2.75, 3.05) is 5.33 Å². The Labute approximate surface area is 92.9 Å². The zero-order valence-corrected chi connectivity index (χ0v) is 9.01. The van der Waals surface area contributed by atoms with Crippen LogP contribution in [-0.4, -0.2) is 10.3 Å². The molecule has 1 unspecified atom stereocenters. The zero-order chi connectivity index (χ0) is 11.5. The molecule has 1 aromatic rings. The van der Waals surface area contributed by atoms with E-state index in [1.807, 2.05) is 0 Å². The summed E-state index contributed by atoms with van der Waals surface area (Å²) in [5.41, 5.74) is -1.08. The summed E-state index contributed by atoms with van der Waals surface area (Å²) in [6, 6.07) is 3.90. The summed E-state index contributed by atoms with van der Waals surface area (Å²) in [6.45, 7) is 0. The average molecular weight is 279 g/mol. The average Bonchev–Trinajstić information content (AvgIpc) is 2.19. The SMILES string of the molecule is N#CC(CBr)c1ncccc1C(F)(F)F. The first-order valence-corrected chi connectivity index (χ1v) is 5.10. The maximum Gasteiger partial charge on any atom is 0.418 e. The number of alkyl halides is 4. The van der Waals surface area contributed by atoms with Crippen LogP contribution in [0.4, 0.5) is 13.2 Å². The highest BCUT2D eigenvalue weighted by atomic mass is 79.9. The van der Waals surface area contributed by atoms with E-state index in [0.717, 1.165) is 6.07 Å². The molecular weight excluding hydrogens is 273 g/mol. The van der Waals surface area contributed by atoms with Gasteiger partial charge >= 0.3 is 6.18 Å². The second kappa shape index (κ2) is 4.62. The summed E-state index contributed by atoms with van der Waals surface area (Å²) >= 11 is 2.98. The largest absolute Gasteiger partial charge is 0.418 e. The molecule has 0 bridgehead atoms. The lowest BCUT2D eigenvalue weighted by molar-refractivity contribution is -0.138. The van der Waals surface area contributed by atoms with E-state index in [4.69, 9.17) is 5.26 Å². The molecule has 0 aliphatic rings. The molecule has 1 atom stereocenters. The fraction of sp³-hybridized carbons (Fsp3) is 0.333. The highest BCUT2D eigenvalue weighted by Gasteiger charge is 2.35. The Morgan fingerprint density at radius 3 is 2.67 bits per heavy atom. The first-order valence-electron chi connectivity index (χ1n) is 3.98. The minimum Gasteiger partial charge on any atom is -0.259 e. The van der Waals surface area contributed by atoms with Gasteiger partial charge in [-0.25, -0.2) is 0 Å². The summed E-state index contributed by atoms with van der Waals surface area (Å²) < 4.78 is 37.5. The van der Waals surface area contributed by atoms with Crippen LogP contribution >= 0.6 is 15.9 Å². The van der Waals surface area contributed by atoms with Gasteiger partial charge in [-0.15, -0.1) is 0 Å². The van der Waals surface area contributed by atoms with Crippen LogP contribution in [0.2, 0.25) is 0 Å². The molecule has 1 heterocycles. The summed E-state index contributed by atoms with van der Waals surface area (Å²) in [6.07, 6.45) is -3.22. The zero-order valence-electron chi connectivity index (χ0n) is 7.42. The Hall–Kier alpha value is -1.09. The van der Waals surface area contributed by atoms with Gasteiger partial charge < -0.3 is 0 Å². The number of hydrogen-bond acceptors (Lipinski definition) is 2. The molecule has 0 spiro atoms. The Morgan fingerprint density at radius 1 is 1.53 bits per heavy atom. The van der Waals surface area contributed by atoms with E-state index in [9.17, 15) is 13.2 Å². The molecule has 0 saturated heterocycles. The van der Waals surface area contributed by atoms with E-state index < -0.39 is 17.7 Å². The normalized spacial score (nSPS) is 13.3. The maximum absolute atomic E-state index is 12.5. The molecule has 0 aromatic carbocycles. The topological polar surface area (TPSA) is 36.7 Å². The number of aromatic nitrogens is 1. The lowest BCUT2D eigenvalue weighted by Crippen LogP contribution is -2.13. The van der Waals surface area contributed by atoms with Crippen LogP contribution < -0.4 is 0 Å². The molecule has 0 saturated carbocycles. The van der Waals surface area contributed by atoms with Crippen LogP contribution in [0, 0.1) is 11.3 Å². The predicted octanol–water partition coefficient (Wildman–Crippen LogP) is 3.10. The first-order chi connectivity index (χ1) is 7.00. The lowest BCUT2D eigenvalue weighted by atomic mass is 10.0. The Balaban J connectivity index is 3.24. The molecule has 0 aliphatic carbocycles. The van der Waals surface area contributed by atoms with Crippen molar-refractivity contribution < 1.29 is 13.2 Å². The number of nitriles is 1. The van der Waals surface area contributed by atoms with Crippen LogP contribution in [0.15, 0.2) is 18.3 Å². The summed E-state index contributed by atoms with van der Waals surface area (Å²) in [7, 11) is 0. The van der Waals surface area contributed by atoms with Gasteiger partial charge in [-0.3, -0.25) is 4.98 Å². The Morgan fingerprint density at radius 2 is 2.20 bits per heavy atom. The van der Waals surface area contributed by atoms with Gasteiger partial charge in [-0.1, -0.05) is 15.9 Å². The van der Waals surface area contributed by atoms with Crippen LogP contribution in [0.3, 0.4) is 0 Å². The monoisotopic (exact) mass is 278 g/mol. The third-order valence-corrected chi connectivity index (χ3v) is 2.43. The van der Waals surface area contributed by atoms with Crippen LogP contribution in [0.25, 0.3) is 0 Å². The molecule has 1 rings (SSSR count). The number of pyridine rings is 1. The van der Waals surface area contributed by atoms with Crippen LogP contribution in [0.5, 0.6) is 0 Å². The van der Waals surface area contributed by atoms with E-state index >= 15 is 0 Å². The van der Waals surface area contributed by atoms with E-state index in [-0.39, 0.29) is 11.0 Å². The van der Waals surface area contributed by atoms with Gasteiger partial charge in [0, 0.05) is 11.5 Å². The fourth-order valence-corrected chi connectivity index (χ4v) is 1.56. The maximum atomic E-state index is 12.5.